The lowest BCUT2D eigenvalue weighted by atomic mass is 9.97. The molecule has 0 fully saturated rings. The standard InChI is InChI=1S/C28H39N3O5/c1-17(2)31(26(33)20(5)29-27(34)36-28(6,7)8)24(21-15-18(3)14-19(4)16-21)25(32)30-22-10-12-23(35-9)13-11-22/h10-17,20,24H,1-9H3,(H,29,34)(H,30,32). The van der Waals surface area contributed by atoms with Crippen LogP contribution < -0.4 is 15.4 Å². The van der Waals surface area contributed by atoms with Crippen molar-refractivity contribution in [2.24, 2.45) is 0 Å². The van der Waals surface area contributed by atoms with Crippen molar-refractivity contribution in [2.75, 3.05) is 12.4 Å². The molecule has 196 valence electrons. The Kier molecular flexibility index (Phi) is 9.50. The lowest BCUT2D eigenvalue weighted by Gasteiger charge is -2.36. The molecule has 2 unspecified atom stereocenters. The van der Waals surface area contributed by atoms with E-state index in [1.54, 1.807) is 59.1 Å². The zero-order valence-electron chi connectivity index (χ0n) is 22.8. The summed E-state index contributed by atoms with van der Waals surface area (Å²) in [5, 5.41) is 5.54. The molecule has 0 bridgehead atoms. The molecule has 0 saturated heterocycles. The molecule has 2 rings (SSSR count). The third-order valence-electron chi connectivity index (χ3n) is 5.36. The zero-order valence-corrected chi connectivity index (χ0v) is 22.8. The number of hydrogen-bond donors (Lipinski definition) is 2. The monoisotopic (exact) mass is 497 g/mol. The van der Waals surface area contributed by atoms with Gasteiger partial charge in [0, 0.05) is 11.7 Å². The van der Waals surface area contributed by atoms with Gasteiger partial charge in [-0.2, -0.15) is 0 Å². The second-order valence-electron chi connectivity index (χ2n) is 10.2. The van der Waals surface area contributed by atoms with Crippen LogP contribution in [0.5, 0.6) is 5.75 Å². The first-order valence-electron chi connectivity index (χ1n) is 12.1. The maximum atomic E-state index is 13.7. The van der Waals surface area contributed by atoms with Crippen molar-refractivity contribution in [3.05, 3.63) is 59.2 Å². The van der Waals surface area contributed by atoms with Gasteiger partial charge in [-0.15, -0.1) is 0 Å². The Hall–Kier alpha value is -3.55. The highest BCUT2D eigenvalue weighted by atomic mass is 16.6. The molecule has 0 aliphatic carbocycles. The Labute approximate surface area is 214 Å². The first-order chi connectivity index (χ1) is 16.7. The molecule has 2 atom stereocenters. The molecule has 2 N–H and O–H groups in total. The normalized spacial score (nSPS) is 12.9. The Morgan fingerprint density at radius 2 is 1.47 bits per heavy atom. The van der Waals surface area contributed by atoms with Crippen LogP contribution in [0.25, 0.3) is 0 Å². The summed E-state index contributed by atoms with van der Waals surface area (Å²) in [4.78, 5) is 41.2. The summed E-state index contributed by atoms with van der Waals surface area (Å²) in [5.74, 6) is -0.0959. The van der Waals surface area contributed by atoms with Gasteiger partial charge in [-0.25, -0.2) is 4.79 Å². The number of aryl methyl sites for hydroxylation is 2. The number of methoxy groups -OCH3 is 1. The van der Waals surface area contributed by atoms with E-state index in [4.69, 9.17) is 9.47 Å². The third kappa shape index (κ3) is 8.00. The largest absolute Gasteiger partial charge is 0.497 e. The van der Waals surface area contributed by atoms with Crippen molar-refractivity contribution >= 4 is 23.6 Å². The first-order valence-corrected chi connectivity index (χ1v) is 12.1. The van der Waals surface area contributed by atoms with Gasteiger partial charge in [-0.3, -0.25) is 9.59 Å². The Balaban J connectivity index is 2.44. The van der Waals surface area contributed by atoms with Gasteiger partial charge in [0.15, 0.2) is 0 Å². The Bertz CT molecular complexity index is 1050. The van der Waals surface area contributed by atoms with Gasteiger partial charge in [-0.1, -0.05) is 29.3 Å². The number of rotatable bonds is 8. The summed E-state index contributed by atoms with van der Waals surface area (Å²) < 4.78 is 10.5. The van der Waals surface area contributed by atoms with Crippen molar-refractivity contribution < 1.29 is 23.9 Å². The Morgan fingerprint density at radius 3 is 1.94 bits per heavy atom. The van der Waals surface area contributed by atoms with Gasteiger partial charge in [0.05, 0.1) is 7.11 Å². The highest BCUT2D eigenvalue weighted by Crippen LogP contribution is 2.28. The Morgan fingerprint density at radius 1 is 0.917 bits per heavy atom. The van der Waals surface area contributed by atoms with Crippen molar-refractivity contribution in [1.29, 1.82) is 0 Å². The molecule has 0 radical (unpaired) electrons. The molecule has 0 aliphatic rings. The fourth-order valence-electron chi connectivity index (χ4n) is 3.94. The second kappa shape index (κ2) is 11.9. The van der Waals surface area contributed by atoms with Crippen LogP contribution in [-0.4, -0.2) is 47.6 Å². The average Bonchev–Trinajstić information content (AvgIpc) is 2.74. The minimum absolute atomic E-state index is 0.340. The molecule has 0 saturated carbocycles. The number of amides is 3. The number of carbonyl (C=O) groups is 3. The number of alkyl carbamates (subject to hydrolysis) is 1. The van der Waals surface area contributed by atoms with Crippen molar-refractivity contribution in [3.63, 3.8) is 0 Å². The maximum absolute atomic E-state index is 13.7. The number of ether oxygens (including phenoxy) is 2. The molecular formula is C28H39N3O5. The number of nitrogens with zero attached hydrogens (tertiary/aromatic N) is 1. The molecule has 8 heteroatoms. The van der Waals surface area contributed by atoms with E-state index in [1.165, 1.54) is 4.90 Å². The van der Waals surface area contributed by atoms with Gasteiger partial charge < -0.3 is 25.0 Å². The number of carbonyl (C=O) groups excluding carboxylic acids is 3. The lowest BCUT2D eigenvalue weighted by Crippen LogP contribution is -2.53. The summed E-state index contributed by atoms with van der Waals surface area (Å²) in [6.07, 6.45) is -0.697. The molecular weight excluding hydrogens is 458 g/mol. The fourth-order valence-corrected chi connectivity index (χ4v) is 3.94. The molecule has 0 heterocycles. The minimum atomic E-state index is -0.930. The number of nitrogens with one attached hydrogen (secondary N) is 2. The smallest absolute Gasteiger partial charge is 0.408 e. The lowest BCUT2D eigenvalue weighted by molar-refractivity contribution is -0.142. The molecule has 3 amide bonds. The summed E-state index contributed by atoms with van der Waals surface area (Å²) in [6.45, 7) is 14.4. The molecule has 0 aromatic heterocycles. The van der Waals surface area contributed by atoms with Gasteiger partial charge in [-0.05, 0) is 85.2 Å². The SMILES string of the molecule is COc1ccc(NC(=O)C(c2cc(C)cc(C)c2)N(C(=O)C(C)NC(=O)OC(C)(C)C)C(C)C)cc1. The van der Waals surface area contributed by atoms with Crippen molar-refractivity contribution in [3.8, 4) is 5.75 Å². The quantitative estimate of drug-likeness (QED) is 0.526. The second-order valence-corrected chi connectivity index (χ2v) is 10.2. The van der Waals surface area contributed by atoms with Crippen LogP contribution in [-0.2, 0) is 14.3 Å². The average molecular weight is 498 g/mol. The molecule has 36 heavy (non-hydrogen) atoms. The predicted molar refractivity (Wildman–Crippen MR) is 141 cm³/mol. The summed E-state index contributed by atoms with van der Waals surface area (Å²) in [5.41, 5.74) is 2.51. The third-order valence-corrected chi connectivity index (χ3v) is 5.36. The topological polar surface area (TPSA) is 97.0 Å². The highest BCUT2D eigenvalue weighted by molar-refractivity contribution is 5.99. The van der Waals surface area contributed by atoms with Crippen LogP contribution in [0.4, 0.5) is 10.5 Å². The van der Waals surface area contributed by atoms with E-state index in [1.807, 2.05) is 45.9 Å². The minimum Gasteiger partial charge on any atom is -0.497 e. The molecule has 8 nitrogen and oxygen atoms in total. The van der Waals surface area contributed by atoms with E-state index in [0.29, 0.717) is 17.0 Å². The van der Waals surface area contributed by atoms with Crippen LogP contribution in [0.15, 0.2) is 42.5 Å². The maximum Gasteiger partial charge on any atom is 0.408 e. The fraction of sp³-hybridized carbons (Fsp3) is 0.464. The molecule has 2 aromatic rings. The van der Waals surface area contributed by atoms with E-state index in [9.17, 15) is 14.4 Å². The van der Waals surface area contributed by atoms with E-state index in [0.717, 1.165) is 11.1 Å². The van der Waals surface area contributed by atoms with Gasteiger partial charge in [0.1, 0.15) is 23.4 Å². The van der Waals surface area contributed by atoms with Gasteiger partial charge >= 0.3 is 6.09 Å². The molecule has 0 spiro atoms. The predicted octanol–water partition coefficient (Wildman–Crippen LogP) is 5.14. The first kappa shape index (κ1) is 28.7. The van der Waals surface area contributed by atoms with Crippen LogP contribution in [0.3, 0.4) is 0 Å². The van der Waals surface area contributed by atoms with E-state index < -0.39 is 29.7 Å². The van der Waals surface area contributed by atoms with Crippen LogP contribution in [0, 0.1) is 13.8 Å². The number of anilines is 1. The number of hydrogen-bond acceptors (Lipinski definition) is 5. The summed E-state index contributed by atoms with van der Waals surface area (Å²) >= 11 is 0. The van der Waals surface area contributed by atoms with Crippen LogP contribution in [0.1, 0.15) is 64.3 Å². The van der Waals surface area contributed by atoms with E-state index in [-0.39, 0.29) is 11.9 Å². The van der Waals surface area contributed by atoms with E-state index >= 15 is 0 Å². The van der Waals surface area contributed by atoms with Gasteiger partial charge in [0.25, 0.3) is 5.91 Å². The van der Waals surface area contributed by atoms with Gasteiger partial charge in [0.2, 0.25) is 5.91 Å². The van der Waals surface area contributed by atoms with Crippen molar-refractivity contribution in [2.45, 2.75) is 79.1 Å². The van der Waals surface area contributed by atoms with Crippen LogP contribution in [0.2, 0.25) is 0 Å². The van der Waals surface area contributed by atoms with Crippen LogP contribution >= 0.6 is 0 Å². The van der Waals surface area contributed by atoms with Crippen molar-refractivity contribution in [1.82, 2.24) is 10.2 Å². The molecule has 0 aliphatic heterocycles. The summed E-state index contributed by atoms with van der Waals surface area (Å²) in [6, 6.07) is 10.6. The number of benzene rings is 2. The summed E-state index contributed by atoms with van der Waals surface area (Å²) in [7, 11) is 1.57. The van der Waals surface area contributed by atoms with E-state index in [2.05, 4.69) is 10.6 Å². The highest BCUT2D eigenvalue weighted by Gasteiger charge is 2.36. The zero-order chi connectivity index (χ0) is 27.2. The molecule has 2 aromatic carbocycles.